The predicted molar refractivity (Wildman–Crippen MR) is 69.0 cm³/mol. The molecule has 2 unspecified atom stereocenters. The SMILES string of the molecule is CCC(=O)Nc1cccc2c1OC(C1CCONO1)O2. The number of ether oxygens (including phenoxy) is 2. The van der Waals surface area contributed by atoms with Crippen molar-refractivity contribution in [2.24, 2.45) is 0 Å². The molecule has 1 amide bonds. The third-order valence-electron chi connectivity index (χ3n) is 3.12. The van der Waals surface area contributed by atoms with Crippen LogP contribution in [0.1, 0.15) is 19.8 Å². The molecule has 1 saturated heterocycles. The molecule has 0 bridgehead atoms. The van der Waals surface area contributed by atoms with Crippen molar-refractivity contribution < 1.29 is 23.9 Å². The fraction of sp³-hybridized carbons (Fsp3) is 0.462. The molecule has 1 fully saturated rings. The molecule has 0 aromatic heterocycles. The van der Waals surface area contributed by atoms with Gasteiger partial charge in [0.2, 0.25) is 5.91 Å². The highest BCUT2D eigenvalue weighted by atomic mass is 16.9. The molecule has 3 rings (SSSR count). The standard InChI is InChI=1S/C13H16N2O5/c1-2-11(16)14-8-4-3-5-9-12(8)19-13(18-9)10-6-7-17-15-20-10/h3-5,10,13,15H,2,6-7H2,1H3,(H,14,16). The van der Waals surface area contributed by atoms with Crippen molar-refractivity contribution in [1.29, 1.82) is 0 Å². The molecular formula is C13H16N2O5. The summed E-state index contributed by atoms with van der Waals surface area (Å²) in [7, 11) is 0. The number of anilines is 1. The van der Waals surface area contributed by atoms with Crippen molar-refractivity contribution in [3.8, 4) is 11.5 Å². The van der Waals surface area contributed by atoms with Crippen LogP contribution < -0.4 is 20.4 Å². The molecule has 2 N–H and O–H groups in total. The quantitative estimate of drug-likeness (QED) is 0.870. The van der Waals surface area contributed by atoms with Crippen molar-refractivity contribution in [2.75, 3.05) is 11.9 Å². The van der Waals surface area contributed by atoms with E-state index in [9.17, 15) is 4.79 Å². The molecule has 2 atom stereocenters. The van der Waals surface area contributed by atoms with Crippen molar-refractivity contribution in [1.82, 2.24) is 5.64 Å². The Morgan fingerprint density at radius 3 is 3.10 bits per heavy atom. The lowest BCUT2D eigenvalue weighted by atomic mass is 10.2. The first-order valence-electron chi connectivity index (χ1n) is 6.56. The maximum absolute atomic E-state index is 11.5. The molecule has 1 aromatic rings. The monoisotopic (exact) mass is 280 g/mol. The van der Waals surface area contributed by atoms with Gasteiger partial charge >= 0.3 is 0 Å². The molecule has 2 aliphatic rings. The lowest BCUT2D eigenvalue weighted by Crippen LogP contribution is -2.43. The Balaban J connectivity index is 1.75. The molecule has 7 heteroatoms. The fourth-order valence-electron chi connectivity index (χ4n) is 2.05. The van der Waals surface area contributed by atoms with Gasteiger partial charge in [-0.1, -0.05) is 18.6 Å². The fourth-order valence-corrected chi connectivity index (χ4v) is 2.05. The zero-order valence-corrected chi connectivity index (χ0v) is 11.0. The van der Waals surface area contributed by atoms with Crippen LogP contribution in [0.2, 0.25) is 0 Å². The molecule has 7 nitrogen and oxygen atoms in total. The lowest BCUT2D eigenvalue weighted by molar-refractivity contribution is -0.270. The first kappa shape index (κ1) is 13.2. The van der Waals surface area contributed by atoms with E-state index < -0.39 is 6.29 Å². The number of amides is 1. The Labute approximate surface area is 116 Å². The van der Waals surface area contributed by atoms with Crippen molar-refractivity contribution >= 4 is 11.6 Å². The van der Waals surface area contributed by atoms with Gasteiger partial charge in [-0.05, 0) is 12.1 Å². The minimum Gasteiger partial charge on any atom is -0.448 e. The lowest BCUT2D eigenvalue weighted by Gasteiger charge is -2.25. The summed E-state index contributed by atoms with van der Waals surface area (Å²) in [6.07, 6.45) is 0.232. The zero-order valence-electron chi connectivity index (χ0n) is 11.0. The van der Waals surface area contributed by atoms with Crippen LogP contribution in [-0.4, -0.2) is 24.9 Å². The molecule has 108 valence electrons. The van der Waals surface area contributed by atoms with E-state index in [0.29, 0.717) is 36.6 Å². The van der Waals surface area contributed by atoms with Crippen LogP contribution in [0, 0.1) is 0 Å². The number of benzene rings is 1. The summed E-state index contributed by atoms with van der Waals surface area (Å²) < 4.78 is 11.5. The minimum absolute atomic E-state index is 0.0746. The summed E-state index contributed by atoms with van der Waals surface area (Å²) in [6.45, 7) is 2.31. The van der Waals surface area contributed by atoms with Crippen LogP contribution in [0.25, 0.3) is 0 Å². The summed E-state index contributed by atoms with van der Waals surface area (Å²) in [6, 6.07) is 5.38. The van der Waals surface area contributed by atoms with E-state index in [2.05, 4.69) is 11.0 Å². The second kappa shape index (κ2) is 5.66. The number of hydrogen-bond donors (Lipinski definition) is 2. The first-order chi connectivity index (χ1) is 9.78. The van der Waals surface area contributed by atoms with Gasteiger partial charge in [-0.15, -0.1) is 0 Å². The highest BCUT2D eigenvalue weighted by Gasteiger charge is 2.36. The summed E-state index contributed by atoms with van der Waals surface area (Å²) in [5, 5.41) is 2.79. The number of carbonyl (C=O) groups excluding carboxylic acids is 1. The Morgan fingerprint density at radius 1 is 1.45 bits per heavy atom. The third kappa shape index (κ3) is 2.55. The molecule has 0 saturated carbocycles. The molecule has 2 aliphatic heterocycles. The zero-order chi connectivity index (χ0) is 13.9. The number of para-hydroxylation sites is 1. The van der Waals surface area contributed by atoms with Gasteiger partial charge in [-0.3, -0.25) is 14.5 Å². The summed E-state index contributed by atoms with van der Waals surface area (Å²) in [5.41, 5.74) is 2.97. The molecule has 2 heterocycles. The second-order valence-electron chi connectivity index (χ2n) is 4.52. The minimum atomic E-state index is -0.555. The average molecular weight is 280 g/mol. The number of rotatable bonds is 3. The maximum atomic E-state index is 11.5. The third-order valence-corrected chi connectivity index (χ3v) is 3.12. The largest absolute Gasteiger partial charge is 0.448 e. The molecule has 1 aromatic carbocycles. The van der Waals surface area contributed by atoms with E-state index in [-0.39, 0.29) is 12.0 Å². The normalized spacial score (nSPS) is 24.4. The molecule has 0 aliphatic carbocycles. The number of nitrogens with one attached hydrogen (secondary N) is 2. The molecule has 0 radical (unpaired) electrons. The Kier molecular flexibility index (Phi) is 3.72. The Hall–Kier alpha value is -1.83. The van der Waals surface area contributed by atoms with Gasteiger partial charge in [-0.25, -0.2) is 0 Å². The number of carbonyl (C=O) groups is 1. The topological polar surface area (TPSA) is 78.1 Å². The smallest absolute Gasteiger partial charge is 0.269 e. The van der Waals surface area contributed by atoms with E-state index in [1.807, 2.05) is 0 Å². The van der Waals surface area contributed by atoms with Crippen molar-refractivity contribution in [3.63, 3.8) is 0 Å². The van der Waals surface area contributed by atoms with E-state index in [1.165, 1.54) is 0 Å². The van der Waals surface area contributed by atoms with Crippen molar-refractivity contribution in [3.05, 3.63) is 18.2 Å². The van der Waals surface area contributed by atoms with E-state index in [0.717, 1.165) is 0 Å². The van der Waals surface area contributed by atoms with Gasteiger partial charge in [0.25, 0.3) is 6.29 Å². The second-order valence-corrected chi connectivity index (χ2v) is 4.52. The number of hydrogen-bond acceptors (Lipinski definition) is 6. The number of fused-ring (bicyclic) bond motifs is 1. The summed E-state index contributed by atoms with van der Waals surface area (Å²) in [5.74, 6) is 1.06. The highest BCUT2D eigenvalue weighted by molar-refractivity contribution is 5.92. The van der Waals surface area contributed by atoms with Gasteiger partial charge in [0.05, 0.1) is 12.3 Å². The van der Waals surface area contributed by atoms with E-state index in [4.69, 9.17) is 19.1 Å². The first-order valence-corrected chi connectivity index (χ1v) is 6.56. The van der Waals surface area contributed by atoms with Crippen LogP contribution in [-0.2, 0) is 14.5 Å². The molecule has 0 spiro atoms. The van der Waals surface area contributed by atoms with Gasteiger partial charge in [0, 0.05) is 12.8 Å². The Bertz CT molecular complexity index is 502. The van der Waals surface area contributed by atoms with Gasteiger partial charge < -0.3 is 14.8 Å². The van der Waals surface area contributed by atoms with Crippen LogP contribution in [0.4, 0.5) is 5.69 Å². The van der Waals surface area contributed by atoms with Gasteiger partial charge in [0.1, 0.15) is 0 Å². The Morgan fingerprint density at radius 2 is 2.35 bits per heavy atom. The molecule has 20 heavy (non-hydrogen) atoms. The maximum Gasteiger partial charge on any atom is 0.269 e. The average Bonchev–Trinajstić information content (AvgIpc) is 2.93. The molecular weight excluding hydrogens is 264 g/mol. The van der Waals surface area contributed by atoms with Crippen LogP contribution in [0.15, 0.2) is 18.2 Å². The predicted octanol–water partition coefficient (Wildman–Crippen LogP) is 1.36. The van der Waals surface area contributed by atoms with E-state index in [1.54, 1.807) is 25.1 Å². The summed E-state index contributed by atoms with van der Waals surface area (Å²) in [4.78, 5) is 21.6. The van der Waals surface area contributed by atoms with Gasteiger partial charge in [-0.2, -0.15) is 0 Å². The van der Waals surface area contributed by atoms with Crippen molar-refractivity contribution in [2.45, 2.75) is 32.2 Å². The summed E-state index contributed by atoms with van der Waals surface area (Å²) >= 11 is 0. The van der Waals surface area contributed by atoms with Gasteiger partial charge in [0.15, 0.2) is 17.6 Å². The van der Waals surface area contributed by atoms with Crippen LogP contribution in [0.3, 0.4) is 0 Å². The van der Waals surface area contributed by atoms with E-state index >= 15 is 0 Å². The van der Waals surface area contributed by atoms with Crippen LogP contribution >= 0.6 is 0 Å². The van der Waals surface area contributed by atoms with Crippen LogP contribution in [0.5, 0.6) is 11.5 Å². The highest BCUT2D eigenvalue weighted by Crippen LogP contribution is 2.42.